The summed E-state index contributed by atoms with van der Waals surface area (Å²) in [6, 6.07) is 3.90. The molecule has 0 aliphatic heterocycles. The van der Waals surface area contributed by atoms with Crippen LogP contribution in [0, 0.1) is 23.2 Å². The molecule has 0 aromatic carbocycles. The number of hydrogen-bond donors (Lipinski definition) is 2. The van der Waals surface area contributed by atoms with Crippen LogP contribution < -0.4 is 10.0 Å². The van der Waals surface area contributed by atoms with E-state index in [4.69, 9.17) is 4.74 Å². The predicted octanol–water partition coefficient (Wildman–Crippen LogP) is 1.65. The number of esters is 1. The second-order valence-corrected chi connectivity index (χ2v) is 9.79. The first-order valence-electron chi connectivity index (χ1n) is 8.37. The fourth-order valence-electron chi connectivity index (χ4n) is 1.95. The number of amides is 1. The van der Waals surface area contributed by atoms with E-state index in [1.165, 1.54) is 6.07 Å². The molecular formula is C17H25N3O5S2. The topological polar surface area (TPSA) is 125 Å². The number of hydrogen-bond acceptors (Lipinski definition) is 7. The lowest BCUT2D eigenvalue weighted by Gasteiger charge is -2.27. The smallest absolute Gasteiger partial charge is 0.324 e. The van der Waals surface area contributed by atoms with Gasteiger partial charge in [-0.3, -0.25) is 9.59 Å². The van der Waals surface area contributed by atoms with Crippen molar-refractivity contribution in [1.29, 1.82) is 5.26 Å². The summed E-state index contributed by atoms with van der Waals surface area (Å²) in [5.41, 5.74) is -1.10. The van der Waals surface area contributed by atoms with Crippen LogP contribution >= 0.6 is 11.3 Å². The molecular weight excluding hydrogens is 390 g/mol. The molecule has 0 unspecified atom stereocenters. The van der Waals surface area contributed by atoms with Gasteiger partial charge in [0.25, 0.3) is 15.9 Å². The molecule has 0 radical (unpaired) electrons. The molecule has 0 bridgehead atoms. The molecule has 1 aromatic rings. The first kappa shape index (κ1) is 23.1. The SMILES string of the molecule is CC(C)[C@H](NS(=O)(=O)c1cccs1)C(=O)OCC(=O)N[C@@](C)(C#N)C(C)C. The van der Waals surface area contributed by atoms with Crippen LogP contribution in [0.1, 0.15) is 34.6 Å². The van der Waals surface area contributed by atoms with Crippen LogP contribution in [-0.2, 0) is 24.3 Å². The lowest BCUT2D eigenvalue weighted by atomic mass is 9.90. The highest BCUT2D eigenvalue weighted by Gasteiger charge is 2.32. The van der Waals surface area contributed by atoms with Crippen molar-refractivity contribution in [1.82, 2.24) is 10.0 Å². The van der Waals surface area contributed by atoms with Crippen LogP contribution in [0.3, 0.4) is 0 Å². The number of carbonyl (C=O) groups excluding carboxylic acids is 2. The van der Waals surface area contributed by atoms with E-state index in [9.17, 15) is 23.3 Å². The molecule has 0 saturated carbocycles. The normalized spacial score (nSPS) is 15.0. The lowest BCUT2D eigenvalue weighted by Crippen LogP contribution is -2.51. The highest BCUT2D eigenvalue weighted by atomic mass is 32.2. The summed E-state index contributed by atoms with van der Waals surface area (Å²) in [5.74, 6) is -2.04. The Morgan fingerprint density at radius 2 is 1.96 bits per heavy atom. The van der Waals surface area contributed by atoms with Gasteiger partial charge in [-0.1, -0.05) is 33.8 Å². The van der Waals surface area contributed by atoms with E-state index in [0.717, 1.165) is 11.3 Å². The Kier molecular flexibility index (Phi) is 7.95. The van der Waals surface area contributed by atoms with Crippen LogP contribution in [0.4, 0.5) is 0 Å². The molecule has 0 spiro atoms. The Hall–Kier alpha value is -1.96. The highest BCUT2D eigenvalue weighted by molar-refractivity contribution is 7.91. The summed E-state index contributed by atoms with van der Waals surface area (Å²) in [5, 5.41) is 13.3. The number of thiophene rings is 1. The Bertz CT molecular complexity index is 797. The molecule has 0 aliphatic carbocycles. The molecule has 1 rings (SSSR count). The summed E-state index contributed by atoms with van der Waals surface area (Å²) >= 11 is 1.03. The molecule has 0 aliphatic rings. The molecule has 2 atom stereocenters. The van der Waals surface area contributed by atoms with E-state index >= 15 is 0 Å². The summed E-state index contributed by atoms with van der Waals surface area (Å²) < 4.78 is 32.0. The zero-order valence-electron chi connectivity index (χ0n) is 16.0. The van der Waals surface area contributed by atoms with E-state index in [0.29, 0.717) is 0 Å². The largest absolute Gasteiger partial charge is 0.454 e. The van der Waals surface area contributed by atoms with Crippen molar-refractivity contribution in [2.45, 2.75) is 50.4 Å². The van der Waals surface area contributed by atoms with Crippen molar-refractivity contribution < 1.29 is 22.7 Å². The molecule has 2 N–H and O–H groups in total. The Morgan fingerprint density at radius 3 is 2.41 bits per heavy atom. The van der Waals surface area contributed by atoms with E-state index in [1.54, 1.807) is 46.1 Å². The summed E-state index contributed by atoms with van der Waals surface area (Å²) in [6.45, 7) is 7.85. The van der Waals surface area contributed by atoms with Gasteiger partial charge in [-0.2, -0.15) is 9.98 Å². The minimum absolute atomic E-state index is 0.0837. The standard InChI is InChI=1S/C17H25N3O5S2/c1-11(2)15(20-27(23,24)14-7-6-8-26-14)16(22)25-9-13(21)19-17(5,10-18)12(3)4/h6-8,11-12,15,20H,9H2,1-5H3,(H,19,21)/t15-,17-/m0/s1. The number of ether oxygens (including phenoxy) is 1. The Labute approximate surface area is 164 Å². The van der Waals surface area contributed by atoms with Gasteiger partial charge >= 0.3 is 5.97 Å². The molecule has 27 heavy (non-hydrogen) atoms. The van der Waals surface area contributed by atoms with E-state index in [-0.39, 0.29) is 10.1 Å². The molecule has 8 nitrogen and oxygen atoms in total. The van der Waals surface area contributed by atoms with Crippen LogP contribution in [0.15, 0.2) is 21.7 Å². The first-order valence-corrected chi connectivity index (χ1v) is 10.7. The number of nitrogens with one attached hydrogen (secondary N) is 2. The Balaban J connectivity index is 2.75. The zero-order chi connectivity index (χ0) is 20.8. The minimum Gasteiger partial charge on any atom is -0.454 e. The molecule has 1 amide bonds. The van der Waals surface area contributed by atoms with Crippen molar-refractivity contribution in [3.8, 4) is 6.07 Å². The maximum atomic E-state index is 12.3. The van der Waals surface area contributed by atoms with Gasteiger partial charge in [-0.05, 0) is 30.2 Å². The minimum atomic E-state index is -3.86. The third kappa shape index (κ3) is 6.30. The first-order chi connectivity index (χ1) is 12.4. The third-order valence-corrected chi connectivity index (χ3v) is 6.93. The molecule has 150 valence electrons. The maximum absolute atomic E-state index is 12.3. The number of nitrogens with zero attached hydrogens (tertiary/aromatic N) is 1. The van der Waals surface area contributed by atoms with Gasteiger partial charge in [0.2, 0.25) is 0 Å². The molecule has 10 heteroatoms. The molecule has 1 heterocycles. The summed E-state index contributed by atoms with van der Waals surface area (Å²) in [4.78, 5) is 24.3. The number of carbonyl (C=O) groups is 2. The lowest BCUT2D eigenvalue weighted by molar-refractivity contribution is -0.151. The third-order valence-electron chi connectivity index (χ3n) is 4.09. The monoisotopic (exact) mass is 415 g/mol. The van der Waals surface area contributed by atoms with Crippen molar-refractivity contribution in [3.63, 3.8) is 0 Å². The summed E-state index contributed by atoms with van der Waals surface area (Å²) in [6.07, 6.45) is 0. The molecule has 1 aromatic heterocycles. The van der Waals surface area contributed by atoms with Crippen molar-refractivity contribution in [2.24, 2.45) is 11.8 Å². The summed E-state index contributed by atoms with van der Waals surface area (Å²) in [7, 11) is -3.86. The molecule has 0 fully saturated rings. The van der Waals surface area contributed by atoms with Crippen LogP contribution in [0.5, 0.6) is 0 Å². The van der Waals surface area contributed by atoms with Crippen LogP contribution in [0.25, 0.3) is 0 Å². The van der Waals surface area contributed by atoms with Crippen molar-refractivity contribution in [2.75, 3.05) is 6.61 Å². The van der Waals surface area contributed by atoms with Gasteiger partial charge in [0.05, 0.1) is 6.07 Å². The van der Waals surface area contributed by atoms with Gasteiger partial charge in [-0.25, -0.2) is 8.42 Å². The van der Waals surface area contributed by atoms with Crippen molar-refractivity contribution >= 4 is 33.2 Å². The second kappa shape index (κ2) is 9.30. The van der Waals surface area contributed by atoms with Crippen LogP contribution in [0.2, 0.25) is 0 Å². The average Bonchev–Trinajstić information content (AvgIpc) is 3.12. The van der Waals surface area contributed by atoms with E-state index in [1.807, 2.05) is 6.07 Å². The number of nitriles is 1. The van der Waals surface area contributed by atoms with E-state index in [2.05, 4.69) is 10.0 Å². The Morgan fingerprint density at radius 1 is 1.33 bits per heavy atom. The predicted molar refractivity (Wildman–Crippen MR) is 101 cm³/mol. The highest BCUT2D eigenvalue weighted by Crippen LogP contribution is 2.18. The molecule has 0 saturated heterocycles. The second-order valence-electron chi connectivity index (χ2n) is 6.90. The van der Waals surface area contributed by atoms with E-state index < -0.39 is 46.0 Å². The number of sulfonamides is 1. The maximum Gasteiger partial charge on any atom is 0.324 e. The zero-order valence-corrected chi connectivity index (χ0v) is 17.6. The van der Waals surface area contributed by atoms with Gasteiger partial charge in [0.1, 0.15) is 15.8 Å². The fraction of sp³-hybridized carbons (Fsp3) is 0.588. The van der Waals surface area contributed by atoms with Gasteiger partial charge < -0.3 is 10.1 Å². The number of rotatable bonds is 9. The van der Waals surface area contributed by atoms with Crippen LogP contribution in [-0.4, -0.2) is 38.5 Å². The average molecular weight is 416 g/mol. The van der Waals surface area contributed by atoms with Gasteiger partial charge in [0, 0.05) is 0 Å². The fourth-order valence-corrected chi connectivity index (χ4v) is 4.29. The quantitative estimate of drug-likeness (QED) is 0.591. The van der Waals surface area contributed by atoms with Crippen molar-refractivity contribution in [3.05, 3.63) is 17.5 Å². The van der Waals surface area contributed by atoms with Gasteiger partial charge in [0.15, 0.2) is 6.61 Å². The van der Waals surface area contributed by atoms with Gasteiger partial charge in [-0.15, -0.1) is 11.3 Å².